The molecule has 100 valence electrons. The van der Waals surface area contributed by atoms with Crippen LogP contribution < -0.4 is 10.9 Å². The first-order valence-corrected chi connectivity index (χ1v) is 6.45. The molecule has 0 aromatic carbocycles. The molecule has 2 unspecified atom stereocenters. The molecule has 2 aliphatic rings. The van der Waals surface area contributed by atoms with Gasteiger partial charge in [0, 0.05) is 19.2 Å². The van der Waals surface area contributed by atoms with Gasteiger partial charge in [-0.05, 0) is 18.9 Å². The first-order chi connectivity index (χ1) is 9.16. The molecule has 2 fully saturated rings. The van der Waals surface area contributed by atoms with Crippen LogP contribution in [0.25, 0.3) is 0 Å². The molecule has 2 atom stereocenters. The number of aromatic nitrogens is 1. The van der Waals surface area contributed by atoms with Crippen LogP contribution in [0.5, 0.6) is 0 Å². The summed E-state index contributed by atoms with van der Waals surface area (Å²) < 4.78 is 0. The minimum absolute atomic E-state index is 0.0315. The van der Waals surface area contributed by atoms with E-state index in [4.69, 9.17) is 0 Å². The summed E-state index contributed by atoms with van der Waals surface area (Å²) in [6.45, 7) is 1.14. The Balaban J connectivity index is 1.87. The summed E-state index contributed by atoms with van der Waals surface area (Å²) in [5.41, 5.74) is -0.00692. The Morgan fingerprint density at radius 3 is 2.95 bits per heavy atom. The standard InChI is InChI=1S/C13H15N3O3/c17-11-5-1-4-9(15-11)13(19)16-6-2-3-8-10(16)7-14-12(8)18/h1,4-5,8,10H,2-3,6-7H2,(H,14,18)(H,15,17). The van der Waals surface area contributed by atoms with Gasteiger partial charge in [-0.1, -0.05) is 6.07 Å². The summed E-state index contributed by atoms with van der Waals surface area (Å²) in [6, 6.07) is 4.44. The number of amides is 2. The normalized spacial score (nSPS) is 25.9. The van der Waals surface area contributed by atoms with Gasteiger partial charge in [0.15, 0.2) is 0 Å². The van der Waals surface area contributed by atoms with Gasteiger partial charge in [0.05, 0.1) is 12.0 Å². The average molecular weight is 261 g/mol. The van der Waals surface area contributed by atoms with Crippen LogP contribution in [0.3, 0.4) is 0 Å². The van der Waals surface area contributed by atoms with Crippen LogP contribution in [0.4, 0.5) is 0 Å². The van der Waals surface area contributed by atoms with E-state index < -0.39 is 0 Å². The third kappa shape index (κ3) is 2.03. The number of fused-ring (bicyclic) bond motifs is 1. The molecule has 2 N–H and O–H groups in total. The van der Waals surface area contributed by atoms with E-state index in [0.717, 1.165) is 12.8 Å². The SMILES string of the molecule is O=C1NCC2C1CCCN2C(=O)c1cccc(=O)[nH]1. The predicted molar refractivity (Wildman–Crippen MR) is 67.6 cm³/mol. The molecule has 2 amide bonds. The molecule has 6 nitrogen and oxygen atoms in total. The van der Waals surface area contributed by atoms with Crippen LogP contribution >= 0.6 is 0 Å². The number of likely N-dealkylation sites (tertiary alicyclic amines) is 1. The Kier molecular flexibility index (Phi) is 2.85. The van der Waals surface area contributed by atoms with Crippen molar-refractivity contribution < 1.29 is 9.59 Å². The molecule has 0 aliphatic carbocycles. The number of nitrogens with one attached hydrogen (secondary N) is 2. The zero-order chi connectivity index (χ0) is 13.4. The smallest absolute Gasteiger partial charge is 0.270 e. The lowest BCUT2D eigenvalue weighted by molar-refractivity contribution is -0.123. The number of rotatable bonds is 1. The van der Waals surface area contributed by atoms with Gasteiger partial charge in [-0.25, -0.2) is 0 Å². The molecule has 2 saturated heterocycles. The van der Waals surface area contributed by atoms with Gasteiger partial charge in [0.2, 0.25) is 11.5 Å². The van der Waals surface area contributed by atoms with Gasteiger partial charge in [-0.2, -0.15) is 0 Å². The zero-order valence-corrected chi connectivity index (χ0v) is 10.4. The Labute approximate surface area is 109 Å². The van der Waals surface area contributed by atoms with Crippen LogP contribution in [0.1, 0.15) is 23.3 Å². The second kappa shape index (κ2) is 4.53. The van der Waals surface area contributed by atoms with E-state index in [2.05, 4.69) is 10.3 Å². The summed E-state index contributed by atoms with van der Waals surface area (Å²) in [7, 11) is 0. The lowest BCUT2D eigenvalue weighted by atomic mass is 9.91. The lowest BCUT2D eigenvalue weighted by Gasteiger charge is -2.35. The molecule has 0 saturated carbocycles. The minimum atomic E-state index is -0.292. The summed E-state index contributed by atoms with van der Waals surface area (Å²) in [5, 5.41) is 2.80. The number of hydrogen-bond acceptors (Lipinski definition) is 3. The van der Waals surface area contributed by atoms with Crippen LogP contribution in [-0.2, 0) is 4.79 Å². The second-order valence-electron chi connectivity index (χ2n) is 4.99. The fraction of sp³-hybridized carbons (Fsp3) is 0.462. The number of hydrogen-bond donors (Lipinski definition) is 2. The monoisotopic (exact) mass is 261 g/mol. The number of carbonyl (C=O) groups is 2. The van der Waals surface area contributed by atoms with Crippen LogP contribution in [0, 0.1) is 5.92 Å². The van der Waals surface area contributed by atoms with E-state index in [0.29, 0.717) is 13.1 Å². The third-order valence-electron chi connectivity index (χ3n) is 3.86. The van der Waals surface area contributed by atoms with E-state index in [9.17, 15) is 14.4 Å². The van der Waals surface area contributed by atoms with Crippen molar-refractivity contribution in [3.05, 3.63) is 34.2 Å². The molecular weight excluding hydrogens is 246 g/mol. The molecule has 19 heavy (non-hydrogen) atoms. The number of pyridine rings is 1. The van der Waals surface area contributed by atoms with Gasteiger partial charge in [0.1, 0.15) is 5.69 Å². The number of carbonyl (C=O) groups excluding carboxylic acids is 2. The van der Waals surface area contributed by atoms with Crippen molar-refractivity contribution in [2.45, 2.75) is 18.9 Å². The van der Waals surface area contributed by atoms with Crippen molar-refractivity contribution in [3.8, 4) is 0 Å². The summed E-state index contributed by atoms with van der Waals surface area (Å²) >= 11 is 0. The molecule has 2 aliphatic heterocycles. The Morgan fingerprint density at radius 2 is 2.16 bits per heavy atom. The van der Waals surface area contributed by atoms with Crippen molar-refractivity contribution in [1.82, 2.24) is 15.2 Å². The topological polar surface area (TPSA) is 82.3 Å². The van der Waals surface area contributed by atoms with Crippen molar-refractivity contribution in [1.29, 1.82) is 0 Å². The molecule has 3 rings (SSSR count). The highest BCUT2D eigenvalue weighted by molar-refractivity contribution is 5.93. The first kappa shape index (κ1) is 12.0. The van der Waals surface area contributed by atoms with Crippen LogP contribution in [0.2, 0.25) is 0 Å². The number of aromatic amines is 1. The van der Waals surface area contributed by atoms with Gasteiger partial charge in [-0.3, -0.25) is 14.4 Å². The van der Waals surface area contributed by atoms with Crippen molar-refractivity contribution in [2.75, 3.05) is 13.1 Å². The summed E-state index contributed by atoms with van der Waals surface area (Å²) in [6.07, 6.45) is 1.64. The fourth-order valence-corrected chi connectivity index (χ4v) is 2.93. The fourth-order valence-electron chi connectivity index (χ4n) is 2.93. The van der Waals surface area contributed by atoms with Gasteiger partial charge < -0.3 is 15.2 Å². The predicted octanol–water partition coefficient (Wildman–Crippen LogP) is -0.275. The maximum absolute atomic E-state index is 12.4. The third-order valence-corrected chi connectivity index (χ3v) is 3.86. The number of H-pyrrole nitrogens is 1. The highest BCUT2D eigenvalue weighted by Gasteiger charge is 2.42. The van der Waals surface area contributed by atoms with Gasteiger partial charge in [0.25, 0.3) is 5.91 Å². The number of piperidine rings is 1. The van der Waals surface area contributed by atoms with Crippen molar-refractivity contribution in [2.24, 2.45) is 5.92 Å². The van der Waals surface area contributed by atoms with Gasteiger partial charge >= 0.3 is 0 Å². The molecular formula is C13H15N3O3. The van der Waals surface area contributed by atoms with Crippen LogP contribution in [0.15, 0.2) is 23.0 Å². The Bertz CT molecular complexity index is 580. The zero-order valence-electron chi connectivity index (χ0n) is 10.4. The van der Waals surface area contributed by atoms with E-state index >= 15 is 0 Å². The maximum atomic E-state index is 12.4. The van der Waals surface area contributed by atoms with Gasteiger partial charge in [-0.15, -0.1) is 0 Å². The highest BCUT2D eigenvalue weighted by Crippen LogP contribution is 2.28. The van der Waals surface area contributed by atoms with Crippen molar-refractivity contribution >= 4 is 11.8 Å². The molecule has 1 aromatic heterocycles. The van der Waals surface area contributed by atoms with E-state index in [-0.39, 0.29) is 35.0 Å². The van der Waals surface area contributed by atoms with Crippen LogP contribution in [-0.4, -0.2) is 40.8 Å². The summed E-state index contributed by atoms with van der Waals surface area (Å²) in [5.74, 6) is -0.277. The lowest BCUT2D eigenvalue weighted by Crippen LogP contribution is -2.49. The molecule has 6 heteroatoms. The molecule has 1 aromatic rings. The molecule has 0 radical (unpaired) electrons. The van der Waals surface area contributed by atoms with E-state index in [1.165, 1.54) is 6.07 Å². The Morgan fingerprint density at radius 1 is 1.32 bits per heavy atom. The Hall–Kier alpha value is -2.11. The quantitative estimate of drug-likeness (QED) is 0.729. The minimum Gasteiger partial charge on any atom is -0.354 e. The molecule has 0 bridgehead atoms. The average Bonchev–Trinajstić information content (AvgIpc) is 2.80. The maximum Gasteiger partial charge on any atom is 0.270 e. The number of nitrogens with zero attached hydrogens (tertiary/aromatic N) is 1. The largest absolute Gasteiger partial charge is 0.354 e. The highest BCUT2D eigenvalue weighted by atomic mass is 16.2. The molecule has 0 spiro atoms. The molecule has 3 heterocycles. The van der Waals surface area contributed by atoms with E-state index in [1.54, 1.807) is 17.0 Å². The second-order valence-corrected chi connectivity index (χ2v) is 4.99. The van der Waals surface area contributed by atoms with Crippen molar-refractivity contribution in [3.63, 3.8) is 0 Å². The summed E-state index contributed by atoms with van der Waals surface area (Å²) in [4.78, 5) is 39.6. The van der Waals surface area contributed by atoms with E-state index in [1.807, 2.05) is 0 Å². The first-order valence-electron chi connectivity index (χ1n) is 6.45.